The van der Waals surface area contributed by atoms with Crippen molar-refractivity contribution < 1.29 is 16.8 Å². The predicted octanol–water partition coefficient (Wildman–Crippen LogP) is 4.95. The van der Waals surface area contributed by atoms with Gasteiger partial charge in [-0.25, -0.2) is 16.8 Å². The third-order valence-electron chi connectivity index (χ3n) is 6.85. The van der Waals surface area contributed by atoms with Gasteiger partial charge in [0, 0.05) is 32.7 Å². The first-order valence-electron chi connectivity index (χ1n) is 13.2. The second-order valence-electron chi connectivity index (χ2n) is 10.0. The van der Waals surface area contributed by atoms with Crippen molar-refractivity contribution in [2.24, 2.45) is 0 Å². The standard InChI is InChI=1S/C30H37N3O4S2.ClH/c1-26-15-17-30(18-16-26)39(36,37)33-22-10-20-31(25-28-11-5-3-6-12-28)19-9-21-32(23-27(2)24-33)38(34,35)29-13-7-4-8-14-29;/h3-8,11-18H,2,9-10,19-25H2,1H3;1H. The van der Waals surface area contributed by atoms with Crippen LogP contribution in [0.5, 0.6) is 0 Å². The molecule has 0 spiro atoms. The summed E-state index contributed by atoms with van der Waals surface area (Å²) >= 11 is 0. The molecule has 3 aromatic rings. The zero-order valence-corrected chi connectivity index (χ0v) is 25.3. The van der Waals surface area contributed by atoms with Crippen molar-refractivity contribution in [2.45, 2.75) is 36.1 Å². The van der Waals surface area contributed by atoms with E-state index < -0.39 is 20.0 Å². The third kappa shape index (κ3) is 8.25. The van der Waals surface area contributed by atoms with Crippen LogP contribution < -0.4 is 0 Å². The number of sulfonamides is 2. The summed E-state index contributed by atoms with van der Waals surface area (Å²) in [6.07, 6.45) is 1.30. The number of hydrogen-bond acceptors (Lipinski definition) is 5. The molecule has 0 atom stereocenters. The van der Waals surface area contributed by atoms with Crippen molar-refractivity contribution in [1.29, 1.82) is 0 Å². The molecule has 40 heavy (non-hydrogen) atoms. The molecule has 0 radical (unpaired) electrons. The van der Waals surface area contributed by atoms with Gasteiger partial charge in [0.2, 0.25) is 20.0 Å². The Morgan fingerprint density at radius 1 is 0.650 bits per heavy atom. The summed E-state index contributed by atoms with van der Waals surface area (Å²) in [6, 6.07) is 25.3. The molecule has 1 aliphatic rings. The van der Waals surface area contributed by atoms with E-state index in [1.165, 1.54) is 8.61 Å². The zero-order chi connectivity index (χ0) is 27.9. The van der Waals surface area contributed by atoms with E-state index >= 15 is 0 Å². The Morgan fingerprint density at radius 2 is 1.10 bits per heavy atom. The maximum Gasteiger partial charge on any atom is 0.243 e. The molecule has 1 aliphatic heterocycles. The Kier molecular flexibility index (Phi) is 11.5. The van der Waals surface area contributed by atoms with Gasteiger partial charge in [-0.05, 0) is 68.3 Å². The smallest absolute Gasteiger partial charge is 0.243 e. The van der Waals surface area contributed by atoms with Crippen LogP contribution in [0.3, 0.4) is 0 Å². The average molecular weight is 604 g/mol. The van der Waals surface area contributed by atoms with Crippen LogP contribution in [0.25, 0.3) is 0 Å². The molecule has 1 heterocycles. The van der Waals surface area contributed by atoms with Crippen LogP contribution in [0.15, 0.2) is 107 Å². The van der Waals surface area contributed by atoms with Crippen LogP contribution >= 0.6 is 12.4 Å². The van der Waals surface area contributed by atoms with Gasteiger partial charge in [-0.1, -0.05) is 72.8 Å². The summed E-state index contributed by atoms with van der Waals surface area (Å²) in [7, 11) is -7.58. The summed E-state index contributed by atoms with van der Waals surface area (Å²) in [5.74, 6) is 0. The van der Waals surface area contributed by atoms with Crippen LogP contribution in [0.1, 0.15) is 24.0 Å². The minimum atomic E-state index is -3.80. The van der Waals surface area contributed by atoms with Crippen LogP contribution in [0.4, 0.5) is 0 Å². The van der Waals surface area contributed by atoms with Gasteiger partial charge in [0.05, 0.1) is 9.79 Å². The highest BCUT2D eigenvalue weighted by Gasteiger charge is 2.29. The quantitative estimate of drug-likeness (QED) is 0.373. The first-order valence-corrected chi connectivity index (χ1v) is 16.1. The topological polar surface area (TPSA) is 78.0 Å². The molecule has 0 amide bonds. The van der Waals surface area contributed by atoms with Gasteiger partial charge in [-0.2, -0.15) is 8.61 Å². The van der Waals surface area contributed by atoms with Gasteiger partial charge in [0.1, 0.15) is 0 Å². The van der Waals surface area contributed by atoms with Crippen molar-refractivity contribution in [3.63, 3.8) is 0 Å². The number of rotatable bonds is 6. The van der Waals surface area contributed by atoms with E-state index in [9.17, 15) is 16.8 Å². The van der Waals surface area contributed by atoms with Crippen LogP contribution in [0, 0.1) is 6.92 Å². The predicted molar refractivity (Wildman–Crippen MR) is 162 cm³/mol. The van der Waals surface area contributed by atoms with Gasteiger partial charge < -0.3 is 0 Å². The lowest BCUT2D eigenvalue weighted by molar-refractivity contribution is 0.238. The fourth-order valence-corrected chi connectivity index (χ4v) is 7.79. The largest absolute Gasteiger partial charge is 0.299 e. The van der Waals surface area contributed by atoms with Gasteiger partial charge in [0.15, 0.2) is 0 Å². The van der Waals surface area contributed by atoms with Crippen molar-refractivity contribution in [3.05, 3.63) is 108 Å². The fourth-order valence-electron chi connectivity index (χ4n) is 4.77. The van der Waals surface area contributed by atoms with Crippen molar-refractivity contribution in [2.75, 3.05) is 39.3 Å². The van der Waals surface area contributed by atoms with Gasteiger partial charge in [-0.3, -0.25) is 4.90 Å². The maximum atomic E-state index is 13.7. The number of hydrogen-bond donors (Lipinski definition) is 0. The second-order valence-corrected chi connectivity index (χ2v) is 13.9. The first-order chi connectivity index (χ1) is 18.7. The van der Waals surface area contributed by atoms with Crippen molar-refractivity contribution in [3.8, 4) is 0 Å². The third-order valence-corrected chi connectivity index (χ3v) is 10.6. The molecule has 1 fully saturated rings. The second kappa shape index (κ2) is 14.4. The van der Waals surface area contributed by atoms with E-state index in [1.54, 1.807) is 54.6 Å². The molecule has 4 rings (SSSR count). The number of benzene rings is 3. The van der Waals surface area contributed by atoms with Gasteiger partial charge in [-0.15, -0.1) is 12.4 Å². The number of halogens is 1. The van der Waals surface area contributed by atoms with E-state index in [2.05, 4.69) is 23.6 Å². The normalized spacial score (nSPS) is 17.4. The van der Waals surface area contributed by atoms with E-state index in [0.717, 1.165) is 11.1 Å². The lowest BCUT2D eigenvalue weighted by Gasteiger charge is -2.30. The monoisotopic (exact) mass is 603 g/mol. The van der Waals surface area contributed by atoms with Crippen LogP contribution in [-0.2, 0) is 26.6 Å². The molecule has 0 bridgehead atoms. The lowest BCUT2D eigenvalue weighted by Crippen LogP contribution is -2.41. The Balaban J connectivity index is 0.00000441. The highest BCUT2D eigenvalue weighted by Crippen LogP contribution is 2.22. The fraction of sp³-hybridized carbons (Fsp3) is 0.333. The molecule has 7 nitrogen and oxygen atoms in total. The Morgan fingerprint density at radius 3 is 1.60 bits per heavy atom. The van der Waals surface area contributed by atoms with E-state index in [4.69, 9.17) is 0 Å². The number of nitrogens with zero attached hydrogens (tertiary/aromatic N) is 3. The molecule has 0 saturated carbocycles. The Hall–Kier alpha value is -2.53. The SMILES string of the molecule is C=C1CN(S(=O)(=O)c2ccccc2)CCCN(Cc2ccccc2)CCCN(S(=O)(=O)c2ccc(C)cc2)C1.Cl. The van der Waals surface area contributed by atoms with E-state index in [0.29, 0.717) is 51.1 Å². The molecule has 10 heteroatoms. The van der Waals surface area contributed by atoms with Crippen LogP contribution in [0.2, 0.25) is 0 Å². The highest BCUT2D eigenvalue weighted by atomic mass is 35.5. The summed E-state index contributed by atoms with van der Waals surface area (Å²) < 4.78 is 57.4. The zero-order valence-electron chi connectivity index (χ0n) is 22.9. The van der Waals surface area contributed by atoms with Gasteiger partial charge in [0.25, 0.3) is 0 Å². The average Bonchev–Trinajstić information content (AvgIpc) is 2.92. The molecule has 1 saturated heterocycles. The molecule has 0 aromatic heterocycles. The molecular weight excluding hydrogens is 566 g/mol. The van der Waals surface area contributed by atoms with Crippen molar-refractivity contribution >= 4 is 32.5 Å². The molecular formula is C30H38ClN3O4S2. The molecule has 3 aromatic carbocycles. The number of aryl methyl sites for hydroxylation is 1. The lowest BCUT2D eigenvalue weighted by atomic mass is 10.2. The van der Waals surface area contributed by atoms with Crippen LogP contribution in [-0.4, -0.2) is 69.6 Å². The first kappa shape index (κ1) is 32.0. The molecule has 0 N–H and O–H groups in total. The van der Waals surface area contributed by atoms with Crippen molar-refractivity contribution in [1.82, 2.24) is 13.5 Å². The Labute approximate surface area is 245 Å². The summed E-state index contributed by atoms with van der Waals surface area (Å²) in [5.41, 5.74) is 2.67. The molecule has 216 valence electrons. The summed E-state index contributed by atoms with van der Waals surface area (Å²) in [6.45, 7) is 8.85. The van der Waals surface area contributed by atoms with E-state index in [-0.39, 0.29) is 35.3 Å². The summed E-state index contributed by atoms with van der Waals surface area (Å²) in [4.78, 5) is 2.72. The van der Waals surface area contributed by atoms with Gasteiger partial charge >= 0.3 is 0 Å². The highest BCUT2D eigenvalue weighted by molar-refractivity contribution is 7.89. The maximum absolute atomic E-state index is 13.7. The minimum Gasteiger partial charge on any atom is -0.299 e. The Bertz CT molecular complexity index is 1450. The van der Waals surface area contributed by atoms with E-state index in [1.807, 2.05) is 25.1 Å². The summed E-state index contributed by atoms with van der Waals surface area (Å²) in [5, 5.41) is 0. The minimum absolute atomic E-state index is 0. The molecule has 0 aliphatic carbocycles. The molecule has 0 unspecified atom stereocenters.